The molecule has 2 amide bonds. The Hall–Kier alpha value is -3.32. The Labute approximate surface area is 253 Å². The summed E-state index contributed by atoms with van der Waals surface area (Å²) in [6.07, 6.45) is 4.01. The van der Waals surface area contributed by atoms with E-state index in [-0.39, 0.29) is 34.7 Å². The fraction of sp³-hybridized carbons (Fsp3) is 0.500. The molecule has 2 aromatic rings. The number of nitrogens with one attached hydrogen (secondary N) is 3. The quantitative estimate of drug-likeness (QED) is 0.111. The van der Waals surface area contributed by atoms with Gasteiger partial charge < -0.3 is 31.4 Å². The van der Waals surface area contributed by atoms with Gasteiger partial charge in [-0.15, -0.1) is 0 Å². The number of likely N-dealkylation sites (N-methyl/N-ethyl adjacent to an activating group) is 1. The smallest absolute Gasteiger partial charge is 0.260 e. The maximum atomic E-state index is 12.9. The molecule has 11 nitrogen and oxygen atoms in total. The van der Waals surface area contributed by atoms with E-state index in [1.165, 1.54) is 27.3 Å². The molecule has 1 heterocycles. The molecule has 0 spiro atoms. The highest BCUT2D eigenvalue weighted by atomic mass is 32.2. The minimum Gasteiger partial charge on any atom is -0.399 e. The number of amides is 2. The zero-order valence-corrected chi connectivity index (χ0v) is 26.5. The molecule has 2 rings (SSSR count). The Morgan fingerprint density at radius 2 is 1.76 bits per heavy atom. The molecule has 42 heavy (non-hydrogen) atoms. The molecule has 12 heteroatoms. The third-order valence-electron chi connectivity index (χ3n) is 5.95. The van der Waals surface area contributed by atoms with E-state index in [1.807, 2.05) is 7.05 Å². The van der Waals surface area contributed by atoms with Crippen LogP contribution in [0.25, 0.3) is 0 Å². The summed E-state index contributed by atoms with van der Waals surface area (Å²) >= 11 is 1.12. The van der Waals surface area contributed by atoms with Gasteiger partial charge in [-0.3, -0.25) is 18.4 Å². The lowest BCUT2D eigenvalue weighted by Gasteiger charge is -2.32. The first kappa shape index (κ1) is 34.9. The van der Waals surface area contributed by atoms with Gasteiger partial charge in [-0.2, -0.15) is 0 Å². The van der Waals surface area contributed by atoms with Crippen LogP contribution in [0.3, 0.4) is 0 Å². The molecule has 7 N–H and O–H groups in total. The largest absolute Gasteiger partial charge is 0.399 e. The van der Waals surface area contributed by atoms with Gasteiger partial charge >= 0.3 is 0 Å². The lowest BCUT2D eigenvalue weighted by molar-refractivity contribution is 0.0921. The Morgan fingerprint density at radius 3 is 2.45 bits per heavy atom. The highest BCUT2D eigenvalue weighted by Gasteiger charge is 2.26. The molecule has 0 bridgehead atoms. The number of nitrogens with two attached hydrogens (primary N) is 2. The molecule has 0 aliphatic carbocycles. The van der Waals surface area contributed by atoms with Gasteiger partial charge in [-0.05, 0) is 60.5 Å². The number of hydrazine groups is 1. The van der Waals surface area contributed by atoms with Crippen molar-refractivity contribution in [2.45, 2.75) is 45.9 Å². The molecule has 0 saturated carbocycles. The van der Waals surface area contributed by atoms with Crippen molar-refractivity contribution >= 4 is 23.8 Å². The second kappa shape index (κ2) is 16.4. The fourth-order valence-corrected chi connectivity index (χ4v) is 5.32. The van der Waals surface area contributed by atoms with Crippen molar-refractivity contribution in [3.63, 3.8) is 0 Å². The summed E-state index contributed by atoms with van der Waals surface area (Å²) in [7, 11) is 1.85. The molecule has 0 saturated heterocycles. The predicted octanol–water partition coefficient (Wildman–Crippen LogP) is 2.54. The van der Waals surface area contributed by atoms with Crippen LogP contribution in [0.5, 0.6) is 0 Å². The van der Waals surface area contributed by atoms with E-state index in [0.29, 0.717) is 48.0 Å². The van der Waals surface area contributed by atoms with Gasteiger partial charge in [0, 0.05) is 47.7 Å². The van der Waals surface area contributed by atoms with Gasteiger partial charge in [0.05, 0.1) is 31.9 Å². The van der Waals surface area contributed by atoms with Crippen molar-refractivity contribution in [3.8, 4) is 0 Å². The van der Waals surface area contributed by atoms with Gasteiger partial charge in [0.2, 0.25) is 0 Å². The van der Waals surface area contributed by atoms with E-state index in [1.54, 1.807) is 30.5 Å². The molecule has 0 radical (unpaired) electrons. The first-order valence-corrected chi connectivity index (χ1v) is 14.7. The maximum absolute atomic E-state index is 12.9. The first-order chi connectivity index (χ1) is 19.7. The van der Waals surface area contributed by atoms with E-state index in [9.17, 15) is 14.4 Å². The van der Waals surface area contributed by atoms with Crippen molar-refractivity contribution in [2.75, 3.05) is 46.4 Å². The zero-order chi connectivity index (χ0) is 31.3. The Morgan fingerprint density at radius 1 is 1.05 bits per heavy atom. The van der Waals surface area contributed by atoms with E-state index < -0.39 is 0 Å². The summed E-state index contributed by atoms with van der Waals surface area (Å²) in [6, 6.07) is 9.74. The van der Waals surface area contributed by atoms with Gasteiger partial charge in [0.15, 0.2) is 0 Å². The van der Waals surface area contributed by atoms with Crippen molar-refractivity contribution in [1.82, 2.24) is 24.9 Å². The van der Waals surface area contributed by atoms with Crippen molar-refractivity contribution in [3.05, 3.63) is 76.0 Å². The van der Waals surface area contributed by atoms with E-state index in [0.717, 1.165) is 24.9 Å². The SMILES string of the molecule is CNCCOCCN(N)/C=C(\N)CNC(=O)c1cccc(Sn2cc(C(=O)NCC(C)(C)CC(C)(C)C)ccc2=O)c1. The van der Waals surface area contributed by atoms with Crippen LogP contribution >= 0.6 is 11.9 Å². The number of pyridine rings is 1. The maximum Gasteiger partial charge on any atom is 0.260 e. The van der Waals surface area contributed by atoms with Crippen LogP contribution in [0.1, 0.15) is 61.8 Å². The topological polar surface area (TPSA) is 157 Å². The van der Waals surface area contributed by atoms with Crippen LogP contribution in [0, 0.1) is 10.8 Å². The Kier molecular flexibility index (Phi) is 13.6. The third-order valence-corrected chi connectivity index (χ3v) is 6.90. The Balaban J connectivity index is 1.98. The average Bonchev–Trinajstić information content (AvgIpc) is 2.90. The summed E-state index contributed by atoms with van der Waals surface area (Å²) in [5.74, 6) is 5.34. The fourth-order valence-electron chi connectivity index (χ4n) is 4.45. The van der Waals surface area contributed by atoms with Gasteiger partial charge in [0.1, 0.15) is 0 Å². The minimum atomic E-state index is -0.328. The lowest BCUT2D eigenvalue weighted by Crippen LogP contribution is -2.36. The monoisotopic (exact) mass is 601 g/mol. The number of hydrogen-bond acceptors (Lipinski definition) is 9. The number of ether oxygens (including phenoxy) is 1. The summed E-state index contributed by atoms with van der Waals surface area (Å²) in [4.78, 5) is 38.9. The van der Waals surface area contributed by atoms with Crippen LogP contribution < -0.4 is 33.1 Å². The molecule has 0 unspecified atom stereocenters. The number of carbonyl (C=O) groups is 2. The second-order valence-electron chi connectivity index (χ2n) is 12.1. The molecule has 0 atom stereocenters. The molecule has 1 aromatic heterocycles. The molecule has 1 aromatic carbocycles. The van der Waals surface area contributed by atoms with Crippen LogP contribution in [-0.4, -0.2) is 67.2 Å². The zero-order valence-electron chi connectivity index (χ0n) is 25.7. The average molecular weight is 602 g/mol. The van der Waals surface area contributed by atoms with E-state index in [2.05, 4.69) is 50.6 Å². The highest BCUT2D eigenvalue weighted by Crippen LogP contribution is 2.32. The molecule has 232 valence electrons. The summed E-state index contributed by atoms with van der Waals surface area (Å²) in [5, 5.41) is 10.2. The van der Waals surface area contributed by atoms with Gasteiger partial charge in [0.25, 0.3) is 17.4 Å². The molecule has 0 aliphatic heterocycles. The number of nitrogens with zero attached hydrogens (tertiary/aromatic N) is 2. The molecule has 0 fully saturated rings. The van der Waals surface area contributed by atoms with Crippen LogP contribution in [0.4, 0.5) is 0 Å². The van der Waals surface area contributed by atoms with Gasteiger partial charge in [-0.1, -0.05) is 40.7 Å². The number of carbonyl (C=O) groups excluding carboxylic acids is 2. The number of benzene rings is 1. The number of rotatable bonds is 16. The molecular formula is C30H47N7O4S. The number of aromatic nitrogens is 1. The number of hydrogen-bond donors (Lipinski definition) is 5. The standard InChI is InChI=1S/C30H47N7O4S/c1-29(2,3)20-30(4,5)21-35-28(40)23-10-11-26(38)37(18-23)42-25-9-7-8-22(16-25)27(39)34-17-24(31)19-36(32)13-15-41-14-12-33-6/h7-11,16,18-19,33H,12-15,17,20-21,31-32H2,1-6H3,(H,34,39)(H,35,40)/b24-19-. The normalized spacial score (nSPS) is 12.2. The van der Waals surface area contributed by atoms with E-state index in [4.69, 9.17) is 16.3 Å². The Bertz CT molecular complexity index is 1270. The van der Waals surface area contributed by atoms with Crippen molar-refractivity contribution < 1.29 is 14.3 Å². The van der Waals surface area contributed by atoms with E-state index >= 15 is 0 Å². The third kappa shape index (κ3) is 13.1. The molecular weight excluding hydrogens is 554 g/mol. The lowest BCUT2D eigenvalue weighted by atomic mass is 9.76. The van der Waals surface area contributed by atoms with Crippen molar-refractivity contribution in [2.24, 2.45) is 22.4 Å². The summed E-state index contributed by atoms with van der Waals surface area (Å²) in [6.45, 7) is 13.6. The minimum absolute atomic E-state index is 0.0801. The first-order valence-electron chi connectivity index (χ1n) is 14.0. The highest BCUT2D eigenvalue weighted by molar-refractivity contribution is 7.97. The molecule has 0 aliphatic rings. The van der Waals surface area contributed by atoms with Crippen LogP contribution in [0.15, 0.2) is 64.2 Å². The second-order valence-corrected chi connectivity index (χ2v) is 13.2. The van der Waals surface area contributed by atoms with Crippen LogP contribution in [0.2, 0.25) is 0 Å². The summed E-state index contributed by atoms with van der Waals surface area (Å²) < 4.78 is 6.81. The summed E-state index contributed by atoms with van der Waals surface area (Å²) in [5.41, 5.74) is 6.95. The predicted molar refractivity (Wildman–Crippen MR) is 169 cm³/mol. The van der Waals surface area contributed by atoms with Gasteiger partial charge in [-0.25, -0.2) is 5.84 Å². The van der Waals surface area contributed by atoms with Crippen LogP contribution in [-0.2, 0) is 4.74 Å². The van der Waals surface area contributed by atoms with Crippen molar-refractivity contribution in [1.29, 1.82) is 0 Å².